The number of alkyl halides is 2. The smallest absolute Gasteiger partial charge is 0.142 e. The van der Waals surface area contributed by atoms with Crippen LogP contribution in [0.1, 0.15) is 70.3 Å². The van der Waals surface area contributed by atoms with E-state index >= 15 is 8.78 Å². The third kappa shape index (κ3) is 2.69. The molecule has 158 valence electrons. The summed E-state index contributed by atoms with van der Waals surface area (Å²) in [6.45, 7) is 2.14. The molecule has 6 unspecified atom stereocenters. The van der Waals surface area contributed by atoms with Gasteiger partial charge in [0.15, 0.2) is 0 Å². The van der Waals surface area contributed by atoms with E-state index in [1.54, 1.807) is 12.4 Å². The van der Waals surface area contributed by atoms with E-state index < -0.39 is 23.0 Å². The van der Waals surface area contributed by atoms with Gasteiger partial charge in [0.2, 0.25) is 0 Å². The van der Waals surface area contributed by atoms with Crippen LogP contribution in [-0.2, 0) is 0 Å². The fourth-order valence-corrected chi connectivity index (χ4v) is 7.35. The summed E-state index contributed by atoms with van der Waals surface area (Å²) in [5, 5.41) is 22.0. The van der Waals surface area contributed by atoms with Gasteiger partial charge in [-0.05, 0) is 79.5 Å². The highest BCUT2D eigenvalue weighted by Crippen LogP contribution is 2.67. The lowest BCUT2D eigenvalue weighted by Gasteiger charge is -2.56. The summed E-state index contributed by atoms with van der Waals surface area (Å²) in [4.78, 5) is 4.10. The molecule has 0 bridgehead atoms. The van der Waals surface area contributed by atoms with Crippen molar-refractivity contribution >= 4 is 5.57 Å². The molecule has 0 saturated heterocycles. The number of aliphatic hydroxyl groups excluding tert-OH is 1. The highest BCUT2D eigenvalue weighted by Gasteiger charge is 2.69. The van der Waals surface area contributed by atoms with Crippen molar-refractivity contribution < 1.29 is 19.0 Å². The predicted molar refractivity (Wildman–Crippen MR) is 107 cm³/mol. The normalized spacial score (nSPS) is 49.4. The SMILES string of the molecule is CC12CCC3(F)CC4(F)CC(O)CCC4CC[C@]3(O)C1CC=C2c1ccncc1. The standard InChI is InChI=1S/C24H31F2NO2/c1-21-10-11-23(26)15-22(25)14-18(28)3-2-17(22)6-9-24(23,29)20(21)5-4-19(21)16-7-12-27-13-8-16/h4,7-8,12-13,17-18,20,28-29H,2-3,5-6,9-11,14-15H2,1H3/t17?,18?,20?,21?,22?,23?,24-/m0/s1. The van der Waals surface area contributed by atoms with Crippen molar-refractivity contribution in [2.75, 3.05) is 0 Å². The van der Waals surface area contributed by atoms with Gasteiger partial charge in [-0.3, -0.25) is 4.98 Å². The fraction of sp³-hybridized carbons (Fsp3) is 0.708. The Bertz CT molecular complexity index is 831. The van der Waals surface area contributed by atoms with Crippen LogP contribution in [0.5, 0.6) is 0 Å². The van der Waals surface area contributed by atoms with Crippen LogP contribution in [0.3, 0.4) is 0 Å². The molecule has 0 spiro atoms. The lowest BCUT2D eigenvalue weighted by molar-refractivity contribution is -0.201. The number of rotatable bonds is 1. The zero-order valence-corrected chi connectivity index (χ0v) is 17.1. The lowest BCUT2D eigenvalue weighted by Crippen LogP contribution is -2.63. The summed E-state index contributed by atoms with van der Waals surface area (Å²) >= 11 is 0. The molecule has 3 fully saturated rings. The maximum Gasteiger partial charge on any atom is 0.142 e. The van der Waals surface area contributed by atoms with Crippen molar-refractivity contribution in [3.8, 4) is 0 Å². The molecule has 1 aromatic heterocycles. The third-order valence-electron chi connectivity index (χ3n) is 8.93. The topological polar surface area (TPSA) is 53.4 Å². The van der Waals surface area contributed by atoms with Gasteiger partial charge in [-0.1, -0.05) is 13.0 Å². The van der Waals surface area contributed by atoms with Gasteiger partial charge in [-0.25, -0.2) is 8.78 Å². The molecule has 0 aliphatic heterocycles. The number of hydrogen-bond donors (Lipinski definition) is 2. The highest BCUT2D eigenvalue weighted by molar-refractivity contribution is 5.73. The van der Waals surface area contributed by atoms with Gasteiger partial charge in [0.1, 0.15) is 16.9 Å². The van der Waals surface area contributed by atoms with Crippen LogP contribution in [0.4, 0.5) is 8.78 Å². The quantitative estimate of drug-likeness (QED) is 0.710. The molecule has 3 saturated carbocycles. The molecule has 1 aromatic rings. The minimum Gasteiger partial charge on any atom is -0.393 e. The molecule has 5 rings (SSSR count). The molecule has 0 radical (unpaired) electrons. The molecule has 0 amide bonds. The summed E-state index contributed by atoms with van der Waals surface area (Å²) in [5.41, 5.74) is -3.29. The molecule has 29 heavy (non-hydrogen) atoms. The number of aromatic nitrogens is 1. The van der Waals surface area contributed by atoms with Gasteiger partial charge in [0.25, 0.3) is 0 Å². The molecule has 0 aromatic carbocycles. The van der Waals surface area contributed by atoms with Gasteiger partial charge < -0.3 is 10.2 Å². The molecular weight excluding hydrogens is 372 g/mol. The number of halogens is 2. The van der Waals surface area contributed by atoms with Crippen molar-refractivity contribution in [1.29, 1.82) is 0 Å². The van der Waals surface area contributed by atoms with Crippen LogP contribution in [0, 0.1) is 17.3 Å². The lowest BCUT2D eigenvalue weighted by atomic mass is 9.53. The molecular formula is C24H31F2NO2. The Balaban J connectivity index is 1.51. The molecule has 3 nitrogen and oxygen atoms in total. The second kappa shape index (κ2) is 6.34. The first-order chi connectivity index (χ1) is 13.7. The van der Waals surface area contributed by atoms with Gasteiger partial charge in [0, 0.05) is 31.2 Å². The zero-order valence-electron chi connectivity index (χ0n) is 17.1. The van der Waals surface area contributed by atoms with E-state index in [2.05, 4.69) is 18.0 Å². The number of pyridine rings is 1. The van der Waals surface area contributed by atoms with E-state index in [4.69, 9.17) is 0 Å². The Hall–Kier alpha value is -1.33. The van der Waals surface area contributed by atoms with E-state index in [0.29, 0.717) is 38.5 Å². The van der Waals surface area contributed by atoms with E-state index in [9.17, 15) is 10.2 Å². The second-order valence-corrected chi connectivity index (χ2v) is 10.3. The Morgan fingerprint density at radius 2 is 1.83 bits per heavy atom. The van der Waals surface area contributed by atoms with Crippen LogP contribution in [0.15, 0.2) is 30.6 Å². The average molecular weight is 404 g/mol. The number of nitrogens with zero attached hydrogens (tertiary/aromatic N) is 1. The van der Waals surface area contributed by atoms with Crippen molar-refractivity contribution in [2.45, 2.75) is 87.8 Å². The fourth-order valence-electron chi connectivity index (χ4n) is 7.35. The number of fused-ring (bicyclic) bond motifs is 4. The molecule has 4 aliphatic rings. The Labute approximate surface area is 171 Å². The molecule has 5 heteroatoms. The summed E-state index contributed by atoms with van der Waals surface area (Å²) in [7, 11) is 0. The van der Waals surface area contributed by atoms with Crippen molar-refractivity contribution in [3.05, 3.63) is 36.2 Å². The molecule has 7 atom stereocenters. The first kappa shape index (κ1) is 19.6. The monoisotopic (exact) mass is 403 g/mol. The summed E-state index contributed by atoms with van der Waals surface area (Å²) in [6, 6.07) is 3.95. The predicted octanol–water partition coefficient (Wildman–Crippen LogP) is 4.78. The summed E-state index contributed by atoms with van der Waals surface area (Å²) < 4.78 is 32.5. The summed E-state index contributed by atoms with van der Waals surface area (Å²) in [5.74, 6) is -0.529. The Kier molecular flexibility index (Phi) is 4.29. The number of aliphatic hydroxyl groups is 2. The van der Waals surface area contributed by atoms with Crippen molar-refractivity contribution in [1.82, 2.24) is 4.98 Å². The summed E-state index contributed by atoms with van der Waals surface area (Å²) in [6.07, 6.45) is 7.99. The minimum absolute atomic E-state index is 0.00185. The van der Waals surface area contributed by atoms with Gasteiger partial charge in [-0.15, -0.1) is 0 Å². The van der Waals surface area contributed by atoms with E-state index in [0.717, 1.165) is 11.1 Å². The molecule has 1 heterocycles. The van der Waals surface area contributed by atoms with E-state index in [1.165, 1.54) is 0 Å². The number of allylic oxidation sites excluding steroid dienone is 2. The first-order valence-electron chi connectivity index (χ1n) is 11.1. The average Bonchev–Trinajstić information content (AvgIpc) is 2.99. The minimum atomic E-state index is -1.95. The van der Waals surface area contributed by atoms with E-state index in [1.807, 2.05) is 12.1 Å². The van der Waals surface area contributed by atoms with Crippen LogP contribution in [0.2, 0.25) is 0 Å². The van der Waals surface area contributed by atoms with Gasteiger partial charge >= 0.3 is 0 Å². The highest BCUT2D eigenvalue weighted by atomic mass is 19.2. The van der Waals surface area contributed by atoms with Crippen LogP contribution in [0.25, 0.3) is 5.57 Å². The van der Waals surface area contributed by atoms with Gasteiger partial charge in [-0.2, -0.15) is 0 Å². The zero-order chi connectivity index (χ0) is 20.5. The van der Waals surface area contributed by atoms with Crippen molar-refractivity contribution in [2.24, 2.45) is 17.3 Å². The largest absolute Gasteiger partial charge is 0.393 e. The first-order valence-corrected chi connectivity index (χ1v) is 11.1. The van der Waals surface area contributed by atoms with Crippen LogP contribution in [-0.4, -0.2) is 38.2 Å². The van der Waals surface area contributed by atoms with Crippen LogP contribution < -0.4 is 0 Å². The Morgan fingerprint density at radius 1 is 1.07 bits per heavy atom. The van der Waals surface area contributed by atoms with Crippen molar-refractivity contribution in [3.63, 3.8) is 0 Å². The maximum absolute atomic E-state index is 16.5. The second-order valence-electron chi connectivity index (χ2n) is 10.3. The number of hydrogen-bond acceptors (Lipinski definition) is 3. The van der Waals surface area contributed by atoms with E-state index in [-0.39, 0.29) is 36.5 Å². The molecule has 2 N–H and O–H groups in total. The molecule has 4 aliphatic carbocycles. The van der Waals surface area contributed by atoms with Gasteiger partial charge in [0.05, 0.1) is 6.10 Å². The Morgan fingerprint density at radius 3 is 2.59 bits per heavy atom. The maximum atomic E-state index is 16.5. The third-order valence-corrected chi connectivity index (χ3v) is 8.93. The van der Waals surface area contributed by atoms with Crippen LogP contribution >= 0.6 is 0 Å².